The molecule has 0 atom stereocenters. The molecule has 0 aromatic carbocycles. The number of likely N-dealkylation sites (tertiary alicyclic amines) is 1. The van der Waals surface area contributed by atoms with Crippen LogP contribution in [0, 0.1) is 0 Å². The minimum atomic E-state index is 0.390. The third kappa shape index (κ3) is 3.70. The first-order chi connectivity index (χ1) is 10.0. The number of anilines is 3. The third-order valence-corrected chi connectivity index (χ3v) is 4.01. The summed E-state index contributed by atoms with van der Waals surface area (Å²) in [7, 11) is 5.85. The Bertz CT molecular complexity index is 455. The molecule has 118 valence electrons. The van der Waals surface area contributed by atoms with E-state index in [4.69, 9.17) is 5.84 Å². The van der Waals surface area contributed by atoms with Crippen LogP contribution in [0.5, 0.6) is 0 Å². The van der Waals surface area contributed by atoms with Crippen molar-refractivity contribution in [3.63, 3.8) is 0 Å². The van der Waals surface area contributed by atoms with Gasteiger partial charge < -0.3 is 14.7 Å². The SMILES string of the molecule is CCN1CCC(N(C)c2nc(NN)nc(N(C)C)n2)CC1. The van der Waals surface area contributed by atoms with Gasteiger partial charge in [0.1, 0.15) is 0 Å². The van der Waals surface area contributed by atoms with Crippen molar-refractivity contribution in [3.05, 3.63) is 0 Å². The molecule has 1 aliphatic rings. The molecule has 0 aliphatic carbocycles. The van der Waals surface area contributed by atoms with Crippen LogP contribution in [0.2, 0.25) is 0 Å². The van der Waals surface area contributed by atoms with Gasteiger partial charge in [0.05, 0.1) is 0 Å². The van der Waals surface area contributed by atoms with Crippen LogP contribution in [-0.4, -0.2) is 66.7 Å². The Kier molecular flexibility index (Phi) is 5.13. The number of rotatable bonds is 5. The summed E-state index contributed by atoms with van der Waals surface area (Å²) in [5, 5.41) is 0. The molecule has 0 bridgehead atoms. The summed E-state index contributed by atoms with van der Waals surface area (Å²) in [4.78, 5) is 19.6. The largest absolute Gasteiger partial charge is 0.347 e. The second kappa shape index (κ2) is 6.86. The molecule has 8 heteroatoms. The van der Waals surface area contributed by atoms with Crippen LogP contribution >= 0.6 is 0 Å². The second-order valence-corrected chi connectivity index (χ2v) is 5.57. The van der Waals surface area contributed by atoms with Crippen molar-refractivity contribution in [1.82, 2.24) is 19.9 Å². The van der Waals surface area contributed by atoms with Crippen LogP contribution in [0.4, 0.5) is 17.8 Å². The predicted octanol–water partition coefficient (Wildman–Crippen LogP) is 0.144. The van der Waals surface area contributed by atoms with E-state index in [1.54, 1.807) is 0 Å². The molecule has 2 rings (SSSR count). The normalized spacial score (nSPS) is 16.8. The first-order valence-corrected chi connectivity index (χ1v) is 7.40. The standard InChI is InChI=1S/C13H26N8/c1-5-21-8-6-10(7-9-21)20(4)13-16-11(18-14)15-12(17-13)19(2)3/h10H,5-9,14H2,1-4H3,(H,15,16,17,18). The fourth-order valence-corrected chi connectivity index (χ4v) is 2.56. The molecule has 3 N–H and O–H groups in total. The van der Waals surface area contributed by atoms with Gasteiger partial charge in [-0.25, -0.2) is 5.84 Å². The zero-order valence-corrected chi connectivity index (χ0v) is 13.4. The number of hydrazine groups is 1. The van der Waals surface area contributed by atoms with Crippen LogP contribution in [-0.2, 0) is 0 Å². The Morgan fingerprint density at radius 1 is 1.14 bits per heavy atom. The highest BCUT2D eigenvalue weighted by Crippen LogP contribution is 2.21. The number of nitrogens with two attached hydrogens (primary N) is 1. The lowest BCUT2D eigenvalue weighted by Crippen LogP contribution is -2.44. The van der Waals surface area contributed by atoms with E-state index in [1.807, 2.05) is 26.0 Å². The average molecular weight is 294 g/mol. The van der Waals surface area contributed by atoms with Gasteiger partial charge in [-0.1, -0.05) is 6.92 Å². The van der Waals surface area contributed by atoms with Gasteiger partial charge in [-0.3, -0.25) is 5.43 Å². The van der Waals surface area contributed by atoms with Gasteiger partial charge in [-0.2, -0.15) is 15.0 Å². The van der Waals surface area contributed by atoms with Gasteiger partial charge in [0.25, 0.3) is 0 Å². The van der Waals surface area contributed by atoms with Crippen LogP contribution in [0.15, 0.2) is 0 Å². The molecule has 8 nitrogen and oxygen atoms in total. The zero-order chi connectivity index (χ0) is 15.4. The Balaban J connectivity index is 2.15. The first kappa shape index (κ1) is 15.7. The fraction of sp³-hybridized carbons (Fsp3) is 0.769. The van der Waals surface area contributed by atoms with Crippen molar-refractivity contribution < 1.29 is 0 Å². The molecule has 1 aromatic heterocycles. The van der Waals surface area contributed by atoms with E-state index in [0.29, 0.717) is 23.9 Å². The second-order valence-electron chi connectivity index (χ2n) is 5.57. The maximum absolute atomic E-state index is 5.46. The lowest BCUT2D eigenvalue weighted by molar-refractivity contribution is 0.220. The van der Waals surface area contributed by atoms with Gasteiger partial charge in [-0.15, -0.1) is 0 Å². The Labute approximate surface area is 126 Å². The van der Waals surface area contributed by atoms with Gasteiger partial charge in [-0.05, 0) is 19.4 Å². The highest BCUT2D eigenvalue weighted by atomic mass is 15.4. The summed E-state index contributed by atoms with van der Waals surface area (Å²) < 4.78 is 0. The first-order valence-electron chi connectivity index (χ1n) is 7.40. The number of piperidine rings is 1. The fourth-order valence-electron chi connectivity index (χ4n) is 2.56. The summed E-state index contributed by atoms with van der Waals surface area (Å²) in [5.74, 6) is 7.11. The average Bonchev–Trinajstić information content (AvgIpc) is 2.53. The summed E-state index contributed by atoms with van der Waals surface area (Å²) >= 11 is 0. The van der Waals surface area contributed by atoms with Gasteiger partial charge in [0, 0.05) is 40.3 Å². The van der Waals surface area contributed by atoms with E-state index in [-0.39, 0.29) is 0 Å². The quantitative estimate of drug-likeness (QED) is 0.586. The van der Waals surface area contributed by atoms with E-state index in [9.17, 15) is 0 Å². The third-order valence-electron chi connectivity index (χ3n) is 4.01. The highest BCUT2D eigenvalue weighted by Gasteiger charge is 2.24. The Hall–Kier alpha value is -1.67. The molecule has 1 fully saturated rings. The molecule has 1 saturated heterocycles. The predicted molar refractivity (Wildman–Crippen MR) is 85.5 cm³/mol. The molecule has 0 saturated carbocycles. The van der Waals surface area contributed by atoms with Gasteiger partial charge in [0.2, 0.25) is 17.8 Å². The molecule has 0 unspecified atom stereocenters. The van der Waals surface area contributed by atoms with Crippen molar-refractivity contribution in [2.75, 3.05) is 56.0 Å². The smallest absolute Gasteiger partial charge is 0.243 e. The Morgan fingerprint density at radius 3 is 2.29 bits per heavy atom. The lowest BCUT2D eigenvalue weighted by atomic mass is 10.0. The summed E-state index contributed by atoms with van der Waals surface area (Å²) in [6.07, 6.45) is 2.25. The van der Waals surface area contributed by atoms with Crippen LogP contribution in [0.1, 0.15) is 19.8 Å². The molecule has 1 aromatic rings. The number of nitrogens with one attached hydrogen (secondary N) is 1. The number of hydrogen-bond acceptors (Lipinski definition) is 8. The van der Waals surface area contributed by atoms with Crippen LogP contribution in [0.25, 0.3) is 0 Å². The number of hydrogen-bond donors (Lipinski definition) is 2. The molecule has 2 heterocycles. The van der Waals surface area contributed by atoms with E-state index < -0.39 is 0 Å². The van der Waals surface area contributed by atoms with Crippen molar-refractivity contribution >= 4 is 17.8 Å². The lowest BCUT2D eigenvalue weighted by Gasteiger charge is -2.36. The minimum Gasteiger partial charge on any atom is -0.347 e. The summed E-state index contributed by atoms with van der Waals surface area (Å²) in [6.45, 7) is 5.57. The molecule has 0 spiro atoms. The maximum Gasteiger partial charge on any atom is 0.243 e. The molecule has 0 amide bonds. The molecular weight excluding hydrogens is 268 g/mol. The van der Waals surface area contributed by atoms with Crippen molar-refractivity contribution in [2.45, 2.75) is 25.8 Å². The minimum absolute atomic E-state index is 0.390. The molecule has 0 radical (unpaired) electrons. The number of nitrogens with zero attached hydrogens (tertiary/aromatic N) is 6. The number of aromatic nitrogens is 3. The van der Waals surface area contributed by atoms with Crippen LogP contribution < -0.4 is 21.1 Å². The summed E-state index contributed by atoms with van der Waals surface area (Å²) in [6, 6.07) is 0.454. The van der Waals surface area contributed by atoms with E-state index >= 15 is 0 Å². The molecular formula is C13H26N8. The Morgan fingerprint density at radius 2 is 1.76 bits per heavy atom. The highest BCUT2D eigenvalue weighted by molar-refractivity contribution is 5.44. The van der Waals surface area contributed by atoms with Crippen molar-refractivity contribution in [3.8, 4) is 0 Å². The topological polar surface area (TPSA) is 86.4 Å². The van der Waals surface area contributed by atoms with Gasteiger partial charge in [0.15, 0.2) is 0 Å². The zero-order valence-electron chi connectivity index (χ0n) is 13.4. The monoisotopic (exact) mass is 294 g/mol. The van der Waals surface area contributed by atoms with Crippen molar-refractivity contribution in [2.24, 2.45) is 5.84 Å². The van der Waals surface area contributed by atoms with E-state index in [0.717, 1.165) is 32.5 Å². The number of nitrogen functional groups attached to an aromatic ring is 1. The van der Waals surface area contributed by atoms with Crippen LogP contribution in [0.3, 0.4) is 0 Å². The summed E-state index contributed by atoms with van der Waals surface area (Å²) in [5.41, 5.74) is 2.51. The van der Waals surface area contributed by atoms with E-state index in [1.165, 1.54) is 0 Å². The van der Waals surface area contributed by atoms with E-state index in [2.05, 4.69) is 37.1 Å². The maximum atomic E-state index is 5.46. The van der Waals surface area contributed by atoms with Crippen molar-refractivity contribution in [1.29, 1.82) is 0 Å². The molecule has 21 heavy (non-hydrogen) atoms. The molecule has 1 aliphatic heterocycles. The van der Waals surface area contributed by atoms with Gasteiger partial charge >= 0.3 is 0 Å².